The first-order chi connectivity index (χ1) is 12.6. The second-order valence-electron chi connectivity index (χ2n) is 8.70. The fourth-order valence-corrected chi connectivity index (χ4v) is 4.43. The van der Waals surface area contributed by atoms with Crippen molar-refractivity contribution in [3.8, 4) is 0 Å². The number of fused-ring (bicyclic) bond motifs is 1. The molecule has 0 aromatic heterocycles. The van der Waals surface area contributed by atoms with Crippen LogP contribution in [0.25, 0.3) is 0 Å². The summed E-state index contributed by atoms with van der Waals surface area (Å²) in [4.78, 5) is 39.3. The SMILES string of the molecule is CC(C)C(=O)N[C@@H](Cc1ccccc1)C(=O)N1CC2C(C1C(N)=O)C2(C)C. The Morgan fingerprint density at radius 2 is 1.85 bits per heavy atom. The number of rotatable bonds is 6. The van der Waals surface area contributed by atoms with Gasteiger partial charge in [0.1, 0.15) is 12.1 Å². The van der Waals surface area contributed by atoms with Crippen molar-refractivity contribution in [1.82, 2.24) is 10.2 Å². The third-order valence-corrected chi connectivity index (χ3v) is 6.20. The fourth-order valence-electron chi connectivity index (χ4n) is 4.43. The number of nitrogens with two attached hydrogens (primary N) is 1. The van der Waals surface area contributed by atoms with Crippen molar-refractivity contribution in [1.29, 1.82) is 0 Å². The highest BCUT2D eigenvalue weighted by molar-refractivity contribution is 5.93. The predicted octanol–water partition coefficient (Wildman–Crippen LogP) is 1.34. The molecule has 1 saturated heterocycles. The number of hydrogen-bond acceptors (Lipinski definition) is 3. The summed E-state index contributed by atoms with van der Waals surface area (Å²) in [5, 5.41) is 2.87. The number of carbonyl (C=O) groups is 3. The van der Waals surface area contributed by atoms with E-state index in [0.717, 1.165) is 5.56 Å². The Hall–Kier alpha value is -2.37. The van der Waals surface area contributed by atoms with E-state index in [1.165, 1.54) is 0 Å². The lowest BCUT2D eigenvalue weighted by Crippen LogP contribution is -2.56. The number of nitrogens with one attached hydrogen (secondary N) is 1. The van der Waals surface area contributed by atoms with E-state index in [4.69, 9.17) is 5.73 Å². The maximum atomic E-state index is 13.3. The summed E-state index contributed by atoms with van der Waals surface area (Å²) in [6.07, 6.45) is 0.388. The van der Waals surface area contributed by atoms with Crippen molar-refractivity contribution in [2.75, 3.05) is 6.54 Å². The Balaban J connectivity index is 1.82. The highest BCUT2D eigenvalue weighted by Gasteiger charge is 2.69. The van der Waals surface area contributed by atoms with Gasteiger partial charge >= 0.3 is 0 Å². The van der Waals surface area contributed by atoms with Crippen molar-refractivity contribution in [2.45, 2.75) is 46.2 Å². The smallest absolute Gasteiger partial charge is 0.246 e. The van der Waals surface area contributed by atoms with E-state index in [2.05, 4.69) is 19.2 Å². The van der Waals surface area contributed by atoms with Crippen LogP contribution in [0.3, 0.4) is 0 Å². The summed E-state index contributed by atoms with van der Waals surface area (Å²) in [6.45, 7) is 8.33. The maximum absolute atomic E-state index is 13.3. The lowest BCUT2D eigenvalue weighted by atomic mass is 9.98. The molecule has 2 aliphatic rings. The van der Waals surface area contributed by atoms with E-state index < -0.39 is 18.0 Å². The number of carbonyl (C=O) groups excluding carboxylic acids is 3. The van der Waals surface area contributed by atoms with E-state index in [1.807, 2.05) is 30.3 Å². The van der Waals surface area contributed by atoms with Gasteiger partial charge in [-0.25, -0.2) is 0 Å². The average molecular weight is 371 g/mol. The van der Waals surface area contributed by atoms with Crippen LogP contribution in [-0.2, 0) is 20.8 Å². The first kappa shape index (κ1) is 19.4. The van der Waals surface area contributed by atoms with Crippen LogP contribution in [0.15, 0.2) is 30.3 Å². The van der Waals surface area contributed by atoms with Gasteiger partial charge in [0.15, 0.2) is 0 Å². The van der Waals surface area contributed by atoms with E-state index in [0.29, 0.717) is 13.0 Å². The number of benzene rings is 1. The second-order valence-corrected chi connectivity index (χ2v) is 8.70. The Bertz CT molecular complexity index is 744. The lowest BCUT2D eigenvalue weighted by Gasteiger charge is -2.32. The zero-order valence-electron chi connectivity index (χ0n) is 16.4. The van der Waals surface area contributed by atoms with Gasteiger partial charge in [-0.3, -0.25) is 14.4 Å². The minimum atomic E-state index is -0.704. The van der Waals surface area contributed by atoms with Crippen molar-refractivity contribution in [2.24, 2.45) is 28.9 Å². The normalized spacial score (nSPS) is 26.4. The van der Waals surface area contributed by atoms with Crippen LogP contribution in [0.1, 0.15) is 33.3 Å². The first-order valence-corrected chi connectivity index (χ1v) is 9.58. The summed E-state index contributed by atoms with van der Waals surface area (Å²) < 4.78 is 0. The number of piperidine rings is 1. The number of amides is 3. The Kier molecular flexibility index (Phi) is 5.02. The van der Waals surface area contributed by atoms with Gasteiger partial charge in [-0.1, -0.05) is 58.0 Å². The largest absolute Gasteiger partial charge is 0.368 e. The highest BCUT2D eigenvalue weighted by Crippen LogP contribution is 2.64. The molecule has 3 N–H and O–H groups in total. The van der Waals surface area contributed by atoms with Gasteiger partial charge in [-0.05, 0) is 22.8 Å². The zero-order valence-corrected chi connectivity index (χ0v) is 16.4. The van der Waals surface area contributed by atoms with E-state index in [9.17, 15) is 14.4 Å². The number of hydrogen-bond donors (Lipinski definition) is 2. The first-order valence-electron chi connectivity index (χ1n) is 9.58. The van der Waals surface area contributed by atoms with Crippen molar-refractivity contribution < 1.29 is 14.4 Å². The van der Waals surface area contributed by atoms with Crippen LogP contribution in [0.5, 0.6) is 0 Å². The Labute approximate surface area is 160 Å². The zero-order chi connectivity index (χ0) is 19.9. The van der Waals surface area contributed by atoms with E-state index >= 15 is 0 Å². The quantitative estimate of drug-likeness (QED) is 0.790. The molecule has 6 nitrogen and oxygen atoms in total. The third kappa shape index (κ3) is 3.57. The summed E-state index contributed by atoms with van der Waals surface area (Å²) in [5.41, 5.74) is 6.64. The van der Waals surface area contributed by atoms with E-state index in [-0.39, 0.29) is 35.0 Å². The van der Waals surface area contributed by atoms with Crippen LogP contribution in [-0.4, -0.2) is 41.2 Å². The molecule has 0 bridgehead atoms. The number of primary amides is 1. The van der Waals surface area contributed by atoms with Crippen LogP contribution in [0.2, 0.25) is 0 Å². The molecular formula is C21H29N3O3. The fraction of sp³-hybridized carbons (Fsp3) is 0.571. The minimum absolute atomic E-state index is 0.0343. The van der Waals surface area contributed by atoms with Gasteiger partial charge in [0, 0.05) is 18.9 Å². The van der Waals surface area contributed by atoms with Gasteiger partial charge in [-0.2, -0.15) is 0 Å². The predicted molar refractivity (Wildman–Crippen MR) is 102 cm³/mol. The molecule has 3 unspecified atom stereocenters. The van der Waals surface area contributed by atoms with Crippen molar-refractivity contribution >= 4 is 17.7 Å². The van der Waals surface area contributed by atoms with Gasteiger partial charge in [-0.15, -0.1) is 0 Å². The molecule has 146 valence electrons. The number of likely N-dealkylation sites (tertiary alicyclic amines) is 1. The molecule has 0 spiro atoms. The summed E-state index contributed by atoms with van der Waals surface area (Å²) in [7, 11) is 0. The lowest BCUT2D eigenvalue weighted by molar-refractivity contribution is -0.142. The molecule has 1 heterocycles. The van der Waals surface area contributed by atoms with Gasteiger partial charge in [0.2, 0.25) is 17.7 Å². The topological polar surface area (TPSA) is 92.5 Å². The third-order valence-electron chi connectivity index (χ3n) is 6.20. The Morgan fingerprint density at radius 3 is 2.41 bits per heavy atom. The van der Waals surface area contributed by atoms with E-state index in [1.54, 1.807) is 18.7 Å². The molecule has 2 fully saturated rings. The molecule has 1 saturated carbocycles. The van der Waals surface area contributed by atoms with Crippen LogP contribution < -0.4 is 11.1 Å². The minimum Gasteiger partial charge on any atom is -0.368 e. The van der Waals surface area contributed by atoms with Crippen LogP contribution >= 0.6 is 0 Å². The van der Waals surface area contributed by atoms with Gasteiger partial charge < -0.3 is 16.0 Å². The molecule has 0 radical (unpaired) electrons. The van der Waals surface area contributed by atoms with Crippen molar-refractivity contribution in [3.63, 3.8) is 0 Å². The van der Waals surface area contributed by atoms with Gasteiger partial charge in [0.25, 0.3) is 0 Å². The average Bonchev–Trinajstić information content (AvgIpc) is 2.97. The summed E-state index contributed by atoms with van der Waals surface area (Å²) in [6, 6.07) is 8.28. The van der Waals surface area contributed by atoms with Gasteiger partial charge in [0.05, 0.1) is 0 Å². The molecular weight excluding hydrogens is 342 g/mol. The molecule has 4 atom stereocenters. The molecule has 1 aromatic carbocycles. The standard InChI is InChI=1S/C21H29N3O3/c1-12(2)19(26)23-15(10-13-8-6-5-7-9-13)20(27)24-11-14-16(21(14,3)4)17(24)18(22)25/h5-9,12,14-17H,10-11H2,1-4H3,(H2,22,25)(H,23,26)/t14?,15-,16?,17?/m0/s1. The number of nitrogens with zero attached hydrogens (tertiary/aromatic N) is 1. The molecule has 6 heteroatoms. The summed E-state index contributed by atoms with van der Waals surface area (Å²) in [5.74, 6) is -0.692. The molecule has 1 aromatic rings. The molecule has 3 amide bonds. The monoisotopic (exact) mass is 371 g/mol. The molecule has 27 heavy (non-hydrogen) atoms. The highest BCUT2D eigenvalue weighted by atomic mass is 16.2. The molecule has 1 aliphatic heterocycles. The maximum Gasteiger partial charge on any atom is 0.246 e. The summed E-state index contributed by atoms with van der Waals surface area (Å²) >= 11 is 0. The molecule has 1 aliphatic carbocycles. The van der Waals surface area contributed by atoms with Crippen LogP contribution in [0.4, 0.5) is 0 Å². The Morgan fingerprint density at radius 1 is 1.22 bits per heavy atom. The second kappa shape index (κ2) is 6.98. The van der Waals surface area contributed by atoms with Crippen molar-refractivity contribution in [3.05, 3.63) is 35.9 Å². The molecule has 3 rings (SSSR count). The van der Waals surface area contributed by atoms with Crippen LogP contribution in [0, 0.1) is 23.2 Å².